The fourth-order valence-electron chi connectivity index (χ4n) is 0.531. The number of halogens is 4. The van der Waals surface area contributed by atoms with Gasteiger partial charge in [-0.2, -0.15) is 0 Å². The lowest BCUT2D eigenvalue weighted by atomic mass is 11.7. The summed E-state index contributed by atoms with van der Waals surface area (Å²) >= 11 is 20.0. The minimum atomic E-state index is -4.47. The van der Waals surface area contributed by atoms with Crippen LogP contribution in [0.3, 0.4) is 0 Å². The molecule has 4 nitrogen and oxygen atoms in total. The van der Waals surface area contributed by atoms with Crippen molar-refractivity contribution in [1.82, 2.24) is 0 Å². The molecule has 0 N–H and O–H groups in total. The summed E-state index contributed by atoms with van der Waals surface area (Å²) < 4.78 is 37.8. The topological polar surface area (TPSA) is 68.3 Å². The van der Waals surface area contributed by atoms with Crippen molar-refractivity contribution in [2.75, 3.05) is 0 Å². The Morgan fingerprint density at radius 2 is 0.833 bits per heavy atom. The summed E-state index contributed by atoms with van der Waals surface area (Å²) in [5.74, 6) is 0. The van der Waals surface area contributed by atoms with E-state index in [1.165, 1.54) is 0 Å². The maximum atomic E-state index is 10.9. The third kappa shape index (κ3) is 0.815. The SMILES string of the molecule is O=S1(=O)C(Cl)(Cl)S(=O)(=O)C1(Cl)Cl. The van der Waals surface area contributed by atoms with Crippen LogP contribution in [0.25, 0.3) is 0 Å². The predicted octanol–water partition coefficient (Wildman–Crippen LogP) is 1.01. The molecule has 0 atom stereocenters. The molecule has 1 aliphatic rings. The van der Waals surface area contributed by atoms with Crippen molar-refractivity contribution in [3.05, 3.63) is 0 Å². The normalized spacial score (nSPS) is 33.7. The van der Waals surface area contributed by atoms with Crippen LogP contribution in [-0.4, -0.2) is 22.8 Å². The molecule has 0 spiro atoms. The summed E-state index contributed by atoms with van der Waals surface area (Å²) in [5, 5.41) is 0. The van der Waals surface area contributed by atoms with Crippen molar-refractivity contribution in [1.29, 1.82) is 0 Å². The summed E-state index contributed by atoms with van der Waals surface area (Å²) in [6.45, 7) is 0. The first-order valence-electron chi connectivity index (χ1n) is 2.24. The molecular formula is C2Cl4O4S2. The lowest BCUT2D eigenvalue weighted by Crippen LogP contribution is -2.63. The van der Waals surface area contributed by atoms with Gasteiger partial charge in [0, 0.05) is 0 Å². The smallest absolute Gasteiger partial charge is 0.220 e. The lowest BCUT2D eigenvalue weighted by molar-refractivity contribution is 0.562. The van der Waals surface area contributed by atoms with Gasteiger partial charge < -0.3 is 0 Å². The number of alkyl halides is 4. The molecule has 72 valence electrons. The molecule has 1 saturated heterocycles. The summed E-state index contributed by atoms with van der Waals surface area (Å²) in [6.07, 6.45) is 0. The monoisotopic (exact) mass is 292 g/mol. The molecule has 0 bridgehead atoms. The van der Waals surface area contributed by atoms with E-state index in [4.69, 9.17) is 46.4 Å². The van der Waals surface area contributed by atoms with Gasteiger partial charge in [0.1, 0.15) is 0 Å². The van der Waals surface area contributed by atoms with Crippen LogP contribution in [0.1, 0.15) is 0 Å². The first-order valence-corrected chi connectivity index (χ1v) is 6.72. The van der Waals surface area contributed by atoms with Crippen LogP contribution in [-0.2, 0) is 19.7 Å². The second kappa shape index (κ2) is 2.35. The number of sulfone groups is 2. The molecule has 0 radical (unpaired) electrons. The van der Waals surface area contributed by atoms with Crippen LogP contribution in [0, 0.1) is 0 Å². The van der Waals surface area contributed by atoms with Crippen molar-refractivity contribution in [3.63, 3.8) is 0 Å². The zero-order chi connectivity index (χ0) is 10.0. The van der Waals surface area contributed by atoms with E-state index < -0.39 is 25.7 Å². The van der Waals surface area contributed by atoms with Crippen molar-refractivity contribution in [3.8, 4) is 0 Å². The summed E-state index contributed by atoms with van der Waals surface area (Å²) in [7, 11) is -8.94. The van der Waals surface area contributed by atoms with Crippen LogP contribution < -0.4 is 0 Å². The Morgan fingerprint density at radius 1 is 0.667 bits per heavy atom. The molecule has 0 saturated carbocycles. The number of hydrogen-bond donors (Lipinski definition) is 0. The van der Waals surface area contributed by atoms with Gasteiger partial charge in [-0.3, -0.25) is 0 Å². The van der Waals surface area contributed by atoms with E-state index in [0.29, 0.717) is 0 Å². The predicted molar refractivity (Wildman–Crippen MR) is 46.7 cm³/mol. The number of rotatable bonds is 0. The van der Waals surface area contributed by atoms with Gasteiger partial charge in [-0.25, -0.2) is 16.8 Å². The van der Waals surface area contributed by atoms with Gasteiger partial charge in [0.15, 0.2) is 0 Å². The highest BCUT2D eigenvalue weighted by molar-refractivity contribution is 8.33. The van der Waals surface area contributed by atoms with Crippen LogP contribution >= 0.6 is 46.4 Å². The molecule has 0 unspecified atom stereocenters. The molecule has 1 fully saturated rings. The standard InChI is InChI=1S/C2Cl4O4S2/c3-1(4)11(7,8)2(5,6)12(1,9)10. The summed E-state index contributed by atoms with van der Waals surface area (Å²) in [6, 6.07) is 0. The molecule has 12 heavy (non-hydrogen) atoms. The van der Waals surface area contributed by atoms with Crippen molar-refractivity contribution in [2.45, 2.75) is 5.99 Å². The van der Waals surface area contributed by atoms with Crippen molar-refractivity contribution >= 4 is 66.1 Å². The average molecular weight is 294 g/mol. The minimum absolute atomic E-state index is 2.93. The molecule has 10 heteroatoms. The van der Waals surface area contributed by atoms with Gasteiger partial charge in [-0.15, -0.1) is 0 Å². The van der Waals surface area contributed by atoms with E-state index >= 15 is 0 Å². The summed E-state index contributed by atoms with van der Waals surface area (Å²) in [4.78, 5) is 0. The maximum Gasteiger partial charge on any atom is 0.326 e. The average Bonchev–Trinajstić information content (AvgIpc) is 1.84. The highest BCUT2D eigenvalue weighted by Gasteiger charge is 2.82. The third-order valence-corrected chi connectivity index (χ3v) is 11.3. The van der Waals surface area contributed by atoms with Crippen LogP contribution in [0.4, 0.5) is 0 Å². The molecule has 0 aromatic rings. The summed E-state index contributed by atoms with van der Waals surface area (Å²) in [5.41, 5.74) is 0. The van der Waals surface area contributed by atoms with Crippen LogP contribution in [0.15, 0.2) is 0 Å². The van der Waals surface area contributed by atoms with E-state index in [1.54, 1.807) is 0 Å². The molecule has 1 aliphatic heterocycles. The Bertz CT molecular complexity index is 350. The largest absolute Gasteiger partial charge is 0.326 e. The quantitative estimate of drug-likeness (QED) is 0.625. The molecule has 1 heterocycles. The first-order chi connectivity index (χ1) is 5.00. The highest BCUT2D eigenvalue weighted by Crippen LogP contribution is 2.61. The van der Waals surface area contributed by atoms with E-state index in [9.17, 15) is 16.8 Å². The molecule has 0 aromatic heterocycles. The lowest BCUT2D eigenvalue weighted by Gasteiger charge is -2.38. The van der Waals surface area contributed by atoms with E-state index in [-0.39, 0.29) is 0 Å². The van der Waals surface area contributed by atoms with Gasteiger partial charge >= 0.3 is 5.99 Å². The Kier molecular flexibility index (Phi) is 2.18. The van der Waals surface area contributed by atoms with Gasteiger partial charge in [0.25, 0.3) is 0 Å². The third-order valence-electron chi connectivity index (χ3n) is 1.25. The van der Waals surface area contributed by atoms with Gasteiger partial charge in [-0.1, -0.05) is 46.4 Å². The van der Waals surface area contributed by atoms with Crippen LogP contribution in [0.2, 0.25) is 0 Å². The Morgan fingerprint density at radius 3 is 0.917 bits per heavy atom. The fourth-order valence-corrected chi connectivity index (χ4v) is 9.15. The minimum Gasteiger partial charge on any atom is -0.220 e. The molecule has 1 rings (SSSR count). The molecule has 0 aromatic carbocycles. The van der Waals surface area contributed by atoms with Gasteiger partial charge in [0.2, 0.25) is 19.7 Å². The second-order valence-electron chi connectivity index (χ2n) is 1.93. The Balaban J connectivity index is 3.58. The zero-order valence-electron chi connectivity index (χ0n) is 4.96. The van der Waals surface area contributed by atoms with Gasteiger partial charge in [-0.05, 0) is 0 Å². The van der Waals surface area contributed by atoms with E-state index in [0.717, 1.165) is 0 Å². The van der Waals surface area contributed by atoms with E-state index in [1.807, 2.05) is 0 Å². The Labute approximate surface area is 88.6 Å². The Hall–Kier alpha value is 1.06. The fraction of sp³-hybridized carbons (Fsp3) is 1.00. The molecule has 0 aliphatic carbocycles. The maximum absolute atomic E-state index is 10.9. The van der Waals surface area contributed by atoms with Crippen molar-refractivity contribution in [2.24, 2.45) is 0 Å². The van der Waals surface area contributed by atoms with Gasteiger partial charge in [0.05, 0.1) is 0 Å². The zero-order valence-corrected chi connectivity index (χ0v) is 9.62. The van der Waals surface area contributed by atoms with E-state index in [2.05, 4.69) is 0 Å². The highest BCUT2D eigenvalue weighted by atomic mass is 35.5. The van der Waals surface area contributed by atoms with Crippen molar-refractivity contribution < 1.29 is 16.8 Å². The first kappa shape index (κ1) is 11.1. The van der Waals surface area contributed by atoms with Crippen LogP contribution in [0.5, 0.6) is 0 Å². The number of hydrogen-bond acceptors (Lipinski definition) is 4. The molecular weight excluding hydrogens is 294 g/mol. The molecule has 0 amide bonds. The second-order valence-corrected chi connectivity index (χ2v) is 11.4.